The molecular formula is C9H8Cl2N2. The lowest BCUT2D eigenvalue weighted by Crippen LogP contribution is -2.08. The van der Waals surface area contributed by atoms with Gasteiger partial charge in [-0.2, -0.15) is 5.26 Å². The van der Waals surface area contributed by atoms with Gasteiger partial charge in [0.2, 0.25) is 0 Å². The van der Waals surface area contributed by atoms with Gasteiger partial charge in [-0.05, 0) is 17.7 Å². The van der Waals surface area contributed by atoms with Crippen LogP contribution >= 0.6 is 23.2 Å². The summed E-state index contributed by atoms with van der Waals surface area (Å²) >= 11 is 11.5. The molecule has 0 aliphatic rings. The summed E-state index contributed by atoms with van der Waals surface area (Å²) in [6.45, 7) is 0. The predicted molar refractivity (Wildman–Crippen MR) is 53.6 cm³/mol. The van der Waals surface area contributed by atoms with Crippen LogP contribution in [0.3, 0.4) is 0 Å². The molecule has 0 radical (unpaired) electrons. The molecule has 2 N–H and O–H groups in total. The zero-order valence-electron chi connectivity index (χ0n) is 6.80. The molecule has 1 atom stereocenters. The summed E-state index contributed by atoms with van der Waals surface area (Å²) in [7, 11) is 0. The number of rotatable bonds is 2. The monoisotopic (exact) mass is 214 g/mol. The Morgan fingerprint density at radius 1 is 1.38 bits per heavy atom. The van der Waals surface area contributed by atoms with Gasteiger partial charge >= 0.3 is 0 Å². The SMILES string of the molecule is N#CCC(N)c1ccc(Cl)c(Cl)c1. The second-order valence-electron chi connectivity index (χ2n) is 2.64. The van der Waals surface area contributed by atoms with Crippen LogP contribution < -0.4 is 5.73 Å². The molecule has 1 rings (SSSR count). The van der Waals surface area contributed by atoms with Crippen LogP contribution in [-0.2, 0) is 0 Å². The second-order valence-corrected chi connectivity index (χ2v) is 3.46. The molecule has 0 fully saturated rings. The summed E-state index contributed by atoms with van der Waals surface area (Å²) in [6, 6.07) is 6.84. The minimum atomic E-state index is -0.292. The maximum Gasteiger partial charge on any atom is 0.0641 e. The minimum absolute atomic E-state index is 0.276. The van der Waals surface area contributed by atoms with Gasteiger partial charge in [-0.3, -0.25) is 0 Å². The Hall–Kier alpha value is -0.750. The van der Waals surface area contributed by atoms with Crippen molar-refractivity contribution in [3.05, 3.63) is 33.8 Å². The Morgan fingerprint density at radius 2 is 2.08 bits per heavy atom. The highest BCUT2D eigenvalue weighted by molar-refractivity contribution is 6.42. The Morgan fingerprint density at radius 3 is 2.62 bits per heavy atom. The molecule has 1 aromatic rings. The smallest absolute Gasteiger partial charge is 0.0641 e. The van der Waals surface area contributed by atoms with Crippen LogP contribution in [0.15, 0.2) is 18.2 Å². The molecule has 0 heterocycles. The first kappa shape index (κ1) is 10.3. The molecule has 4 heteroatoms. The summed E-state index contributed by atoms with van der Waals surface area (Å²) < 4.78 is 0. The summed E-state index contributed by atoms with van der Waals surface area (Å²) in [4.78, 5) is 0. The van der Waals surface area contributed by atoms with Crippen molar-refractivity contribution in [3.63, 3.8) is 0 Å². The van der Waals surface area contributed by atoms with E-state index in [1.165, 1.54) is 0 Å². The molecule has 0 aliphatic heterocycles. The lowest BCUT2D eigenvalue weighted by atomic mass is 10.1. The predicted octanol–water partition coefficient (Wildman–Crippen LogP) is 2.91. The van der Waals surface area contributed by atoms with E-state index in [-0.39, 0.29) is 12.5 Å². The summed E-state index contributed by atoms with van der Waals surface area (Å²) in [5.41, 5.74) is 6.53. The first-order chi connectivity index (χ1) is 6.15. The number of benzene rings is 1. The highest BCUT2D eigenvalue weighted by atomic mass is 35.5. The zero-order chi connectivity index (χ0) is 9.84. The fourth-order valence-corrected chi connectivity index (χ4v) is 1.27. The lowest BCUT2D eigenvalue weighted by molar-refractivity contribution is 0.749. The number of nitriles is 1. The van der Waals surface area contributed by atoms with Crippen molar-refractivity contribution in [1.82, 2.24) is 0 Å². The van der Waals surface area contributed by atoms with Crippen molar-refractivity contribution in [2.24, 2.45) is 5.73 Å². The zero-order valence-corrected chi connectivity index (χ0v) is 8.31. The van der Waals surface area contributed by atoms with Crippen molar-refractivity contribution < 1.29 is 0 Å². The Balaban J connectivity index is 2.91. The number of nitrogens with zero attached hydrogens (tertiary/aromatic N) is 1. The molecule has 2 nitrogen and oxygen atoms in total. The van der Waals surface area contributed by atoms with Crippen molar-refractivity contribution >= 4 is 23.2 Å². The van der Waals surface area contributed by atoms with E-state index in [0.717, 1.165) is 5.56 Å². The van der Waals surface area contributed by atoms with E-state index in [2.05, 4.69) is 0 Å². The van der Waals surface area contributed by atoms with E-state index in [1.54, 1.807) is 18.2 Å². The molecular weight excluding hydrogens is 207 g/mol. The van der Waals surface area contributed by atoms with Gasteiger partial charge in [-0.1, -0.05) is 29.3 Å². The molecule has 13 heavy (non-hydrogen) atoms. The van der Waals surface area contributed by atoms with Crippen molar-refractivity contribution in [2.75, 3.05) is 0 Å². The number of halogens is 2. The maximum absolute atomic E-state index is 8.43. The standard InChI is InChI=1S/C9H8Cl2N2/c10-7-2-1-6(5-8(7)11)9(13)3-4-12/h1-2,5,9H,3,13H2. The molecule has 0 saturated carbocycles. The molecule has 1 unspecified atom stereocenters. The van der Waals surface area contributed by atoms with E-state index < -0.39 is 0 Å². The quantitative estimate of drug-likeness (QED) is 0.824. The Kier molecular flexibility index (Phi) is 3.56. The van der Waals surface area contributed by atoms with Crippen LogP contribution in [-0.4, -0.2) is 0 Å². The lowest BCUT2D eigenvalue weighted by Gasteiger charge is -2.08. The van der Waals surface area contributed by atoms with Crippen molar-refractivity contribution in [1.29, 1.82) is 5.26 Å². The third kappa shape index (κ3) is 2.60. The molecule has 0 bridgehead atoms. The average molecular weight is 215 g/mol. The van der Waals surface area contributed by atoms with Crippen LogP contribution in [0, 0.1) is 11.3 Å². The summed E-state index contributed by atoms with van der Waals surface area (Å²) in [5.74, 6) is 0. The maximum atomic E-state index is 8.43. The van der Waals surface area contributed by atoms with Gasteiger partial charge in [-0.25, -0.2) is 0 Å². The number of hydrogen-bond acceptors (Lipinski definition) is 2. The summed E-state index contributed by atoms with van der Waals surface area (Å²) in [6.07, 6.45) is 0.276. The molecule has 0 saturated heterocycles. The average Bonchev–Trinajstić information content (AvgIpc) is 2.10. The van der Waals surface area contributed by atoms with Gasteiger partial charge in [-0.15, -0.1) is 0 Å². The molecule has 1 aromatic carbocycles. The van der Waals surface area contributed by atoms with Gasteiger partial charge < -0.3 is 5.73 Å². The van der Waals surface area contributed by atoms with Gasteiger partial charge in [0.25, 0.3) is 0 Å². The normalized spacial score (nSPS) is 12.2. The van der Waals surface area contributed by atoms with Gasteiger partial charge in [0.1, 0.15) is 0 Å². The van der Waals surface area contributed by atoms with E-state index in [1.807, 2.05) is 6.07 Å². The van der Waals surface area contributed by atoms with Crippen LogP contribution in [0.5, 0.6) is 0 Å². The first-order valence-electron chi connectivity index (χ1n) is 3.72. The third-order valence-electron chi connectivity index (χ3n) is 1.68. The van der Waals surface area contributed by atoms with Gasteiger partial charge in [0.05, 0.1) is 22.5 Å². The van der Waals surface area contributed by atoms with Crippen LogP contribution in [0.4, 0.5) is 0 Å². The van der Waals surface area contributed by atoms with Gasteiger partial charge in [0, 0.05) is 6.04 Å². The topological polar surface area (TPSA) is 49.8 Å². The highest BCUT2D eigenvalue weighted by Crippen LogP contribution is 2.25. The molecule has 0 aliphatic carbocycles. The van der Waals surface area contributed by atoms with E-state index in [4.69, 9.17) is 34.2 Å². The molecule has 68 valence electrons. The highest BCUT2D eigenvalue weighted by Gasteiger charge is 2.06. The van der Waals surface area contributed by atoms with Crippen molar-refractivity contribution in [2.45, 2.75) is 12.5 Å². The fourth-order valence-electron chi connectivity index (χ4n) is 0.959. The summed E-state index contributed by atoms with van der Waals surface area (Å²) in [5, 5.41) is 9.39. The Labute approximate surface area is 86.9 Å². The Bertz CT molecular complexity index is 344. The largest absolute Gasteiger partial charge is 0.323 e. The van der Waals surface area contributed by atoms with Crippen LogP contribution in [0.1, 0.15) is 18.0 Å². The molecule has 0 spiro atoms. The second kappa shape index (κ2) is 4.48. The minimum Gasteiger partial charge on any atom is -0.323 e. The van der Waals surface area contributed by atoms with Crippen LogP contribution in [0.2, 0.25) is 10.0 Å². The van der Waals surface area contributed by atoms with Gasteiger partial charge in [0.15, 0.2) is 0 Å². The number of hydrogen-bond donors (Lipinski definition) is 1. The van der Waals surface area contributed by atoms with E-state index in [9.17, 15) is 0 Å². The van der Waals surface area contributed by atoms with Crippen LogP contribution in [0.25, 0.3) is 0 Å². The van der Waals surface area contributed by atoms with E-state index in [0.29, 0.717) is 10.0 Å². The fraction of sp³-hybridized carbons (Fsp3) is 0.222. The molecule has 0 aromatic heterocycles. The van der Waals surface area contributed by atoms with Crippen molar-refractivity contribution in [3.8, 4) is 6.07 Å². The third-order valence-corrected chi connectivity index (χ3v) is 2.42. The first-order valence-corrected chi connectivity index (χ1v) is 4.48. The number of nitrogens with two attached hydrogens (primary N) is 1. The van der Waals surface area contributed by atoms with E-state index >= 15 is 0 Å². The molecule has 0 amide bonds.